The molecule has 0 saturated heterocycles. The van der Waals surface area contributed by atoms with Crippen molar-refractivity contribution >= 4 is 6.09 Å². The number of nitrogens with one attached hydrogen (secondary N) is 1. The first-order valence-corrected chi connectivity index (χ1v) is 8.52. The lowest BCUT2D eigenvalue weighted by Crippen LogP contribution is -2.34. The van der Waals surface area contributed by atoms with Crippen LogP contribution in [-0.4, -0.2) is 30.0 Å². The van der Waals surface area contributed by atoms with Gasteiger partial charge in [0.05, 0.1) is 6.10 Å². The van der Waals surface area contributed by atoms with Crippen molar-refractivity contribution in [1.29, 1.82) is 0 Å². The zero-order valence-corrected chi connectivity index (χ0v) is 13.4. The van der Waals surface area contributed by atoms with E-state index in [4.69, 9.17) is 4.74 Å². The van der Waals surface area contributed by atoms with Gasteiger partial charge in [0.15, 0.2) is 0 Å². The van der Waals surface area contributed by atoms with E-state index in [1.165, 1.54) is 22.3 Å². The molecule has 0 heterocycles. The molecule has 2 atom stereocenters. The Morgan fingerprint density at radius 3 is 2.25 bits per heavy atom. The molecule has 1 fully saturated rings. The van der Waals surface area contributed by atoms with E-state index >= 15 is 0 Å². The summed E-state index contributed by atoms with van der Waals surface area (Å²) in [6, 6.07) is 16.6. The van der Waals surface area contributed by atoms with Crippen LogP contribution in [0.2, 0.25) is 0 Å². The van der Waals surface area contributed by atoms with Crippen LogP contribution in [0.25, 0.3) is 11.1 Å². The zero-order valence-electron chi connectivity index (χ0n) is 13.4. The summed E-state index contributed by atoms with van der Waals surface area (Å²) in [6.45, 7) is 0.329. The number of amides is 1. The summed E-state index contributed by atoms with van der Waals surface area (Å²) < 4.78 is 5.51. The van der Waals surface area contributed by atoms with Gasteiger partial charge in [-0.1, -0.05) is 48.5 Å². The van der Waals surface area contributed by atoms with Crippen molar-refractivity contribution in [2.75, 3.05) is 6.61 Å². The van der Waals surface area contributed by atoms with Gasteiger partial charge in [-0.15, -0.1) is 0 Å². The number of ether oxygens (including phenoxy) is 1. The third kappa shape index (κ3) is 2.78. The molecule has 4 nitrogen and oxygen atoms in total. The SMILES string of the molecule is O=C(N[C@@H]1CC[C@@H](O)C1)OCC1c2ccccc2-c2ccccc21. The van der Waals surface area contributed by atoms with Crippen molar-refractivity contribution in [3.8, 4) is 11.1 Å². The number of carbonyl (C=O) groups is 1. The topological polar surface area (TPSA) is 58.6 Å². The predicted octanol–water partition coefficient (Wildman–Crippen LogP) is 3.44. The van der Waals surface area contributed by atoms with Crippen LogP contribution >= 0.6 is 0 Å². The fourth-order valence-electron chi connectivity index (χ4n) is 3.90. The number of carbonyl (C=O) groups excluding carboxylic acids is 1. The number of alkyl carbamates (subject to hydrolysis) is 1. The highest BCUT2D eigenvalue weighted by Gasteiger charge is 2.30. The van der Waals surface area contributed by atoms with E-state index in [9.17, 15) is 9.90 Å². The van der Waals surface area contributed by atoms with Crippen LogP contribution in [0.15, 0.2) is 48.5 Å². The molecule has 0 spiro atoms. The van der Waals surface area contributed by atoms with Gasteiger partial charge in [0.1, 0.15) is 6.61 Å². The minimum atomic E-state index is -0.393. The highest BCUT2D eigenvalue weighted by Crippen LogP contribution is 2.44. The maximum atomic E-state index is 12.1. The van der Waals surface area contributed by atoms with E-state index in [1.807, 2.05) is 24.3 Å². The number of aliphatic hydroxyl groups is 1. The second kappa shape index (κ2) is 6.29. The molecule has 2 aromatic rings. The fraction of sp³-hybridized carbons (Fsp3) is 0.350. The molecule has 2 N–H and O–H groups in total. The second-order valence-corrected chi connectivity index (χ2v) is 6.63. The lowest BCUT2D eigenvalue weighted by atomic mass is 9.98. The smallest absolute Gasteiger partial charge is 0.407 e. The monoisotopic (exact) mass is 323 g/mol. The highest BCUT2D eigenvalue weighted by atomic mass is 16.5. The van der Waals surface area contributed by atoms with Crippen molar-refractivity contribution in [2.24, 2.45) is 0 Å². The first-order chi connectivity index (χ1) is 11.7. The van der Waals surface area contributed by atoms with E-state index < -0.39 is 6.09 Å². The summed E-state index contributed by atoms with van der Waals surface area (Å²) in [6.07, 6.45) is 1.48. The van der Waals surface area contributed by atoms with Crippen molar-refractivity contribution in [3.05, 3.63) is 59.7 Å². The average Bonchev–Trinajstić information content (AvgIpc) is 3.14. The molecule has 2 aliphatic carbocycles. The van der Waals surface area contributed by atoms with E-state index in [2.05, 4.69) is 29.6 Å². The Labute approximate surface area is 141 Å². The van der Waals surface area contributed by atoms with Crippen LogP contribution in [0.3, 0.4) is 0 Å². The lowest BCUT2D eigenvalue weighted by Gasteiger charge is -2.16. The first-order valence-electron chi connectivity index (χ1n) is 8.52. The number of hydrogen-bond donors (Lipinski definition) is 2. The molecule has 0 bridgehead atoms. The third-order valence-corrected chi connectivity index (χ3v) is 5.07. The van der Waals surface area contributed by atoms with Crippen LogP contribution < -0.4 is 5.32 Å². The number of fused-ring (bicyclic) bond motifs is 3. The van der Waals surface area contributed by atoms with Crippen molar-refractivity contribution in [1.82, 2.24) is 5.32 Å². The van der Waals surface area contributed by atoms with Gasteiger partial charge in [-0.2, -0.15) is 0 Å². The molecule has 4 heteroatoms. The molecule has 0 aromatic heterocycles. The normalized spacial score (nSPS) is 22.0. The van der Waals surface area contributed by atoms with E-state index in [0.29, 0.717) is 13.0 Å². The minimum Gasteiger partial charge on any atom is -0.449 e. The van der Waals surface area contributed by atoms with Gasteiger partial charge in [-0.3, -0.25) is 0 Å². The van der Waals surface area contributed by atoms with Gasteiger partial charge in [-0.05, 0) is 41.5 Å². The van der Waals surface area contributed by atoms with Crippen LogP contribution in [0.5, 0.6) is 0 Å². The van der Waals surface area contributed by atoms with E-state index in [1.54, 1.807) is 0 Å². The van der Waals surface area contributed by atoms with Gasteiger partial charge in [0, 0.05) is 12.0 Å². The van der Waals surface area contributed by atoms with Crippen LogP contribution in [0, 0.1) is 0 Å². The summed E-state index contributed by atoms with van der Waals surface area (Å²) in [5.41, 5.74) is 4.87. The minimum absolute atomic E-state index is 0.0238. The molecule has 1 saturated carbocycles. The van der Waals surface area contributed by atoms with Gasteiger partial charge in [0.2, 0.25) is 0 Å². The number of aliphatic hydroxyl groups excluding tert-OH is 1. The Hall–Kier alpha value is -2.33. The summed E-state index contributed by atoms with van der Waals surface area (Å²) in [4.78, 5) is 12.1. The van der Waals surface area contributed by atoms with Gasteiger partial charge in [0.25, 0.3) is 0 Å². The standard InChI is InChI=1S/C20H21NO3/c22-14-10-9-13(11-14)21-20(23)24-12-19-17-7-3-1-5-15(17)16-6-2-4-8-18(16)19/h1-8,13-14,19,22H,9-12H2,(H,21,23)/t13-,14-/m1/s1. The third-order valence-electron chi connectivity index (χ3n) is 5.07. The van der Waals surface area contributed by atoms with Gasteiger partial charge < -0.3 is 15.2 Å². The highest BCUT2D eigenvalue weighted by molar-refractivity contribution is 5.79. The molecular weight excluding hydrogens is 302 g/mol. The fourth-order valence-corrected chi connectivity index (χ4v) is 3.90. The van der Waals surface area contributed by atoms with E-state index in [-0.39, 0.29) is 18.1 Å². The molecule has 24 heavy (non-hydrogen) atoms. The van der Waals surface area contributed by atoms with Crippen molar-refractivity contribution in [3.63, 3.8) is 0 Å². The summed E-state index contributed by atoms with van der Waals surface area (Å²) in [7, 11) is 0. The molecule has 1 amide bonds. The van der Waals surface area contributed by atoms with Crippen molar-refractivity contribution < 1.29 is 14.6 Å². The van der Waals surface area contributed by atoms with Gasteiger partial charge >= 0.3 is 6.09 Å². The van der Waals surface area contributed by atoms with Crippen LogP contribution in [0.1, 0.15) is 36.3 Å². The Bertz CT molecular complexity index is 713. The Morgan fingerprint density at radius 1 is 1.04 bits per heavy atom. The maximum absolute atomic E-state index is 12.1. The Balaban J connectivity index is 1.46. The number of benzene rings is 2. The first kappa shape index (κ1) is 15.2. The van der Waals surface area contributed by atoms with Crippen LogP contribution in [0.4, 0.5) is 4.79 Å². The summed E-state index contributed by atoms with van der Waals surface area (Å²) in [5, 5.41) is 12.4. The molecular formula is C20H21NO3. The van der Waals surface area contributed by atoms with Gasteiger partial charge in [-0.25, -0.2) is 4.79 Å². The van der Waals surface area contributed by atoms with Crippen LogP contribution in [-0.2, 0) is 4.74 Å². The quantitative estimate of drug-likeness (QED) is 0.910. The molecule has 2 aliphatic rings. The predicted molar refractivity (Wildman–Crippen MR) is 91.9 cm³/mol. The summed E-state index contributed by atoms with van der Waals surface area (Å²) >= 11 is 0. The summed E-state index contributed by atoms with van der Waals surface area (Å²) in [5.74, 6) is 0.0809. The Kier molecular flexibility index (Phi) is 3.98. The molecule has 2 aromatic carbocycles. The van der Waals surface area contributed by atoms with Crippen molar-refractivity contribution in [2.45, 2.75) is 37.3 Å². The largest absolute Gasteiger partial charge is 0.449 e. The molecule has 0 unspecified atom stereocenters. The number of hydrogen-bond acceptors (Lipinski definition) is 3. The zero-order chi connectivity index (χ0) is 16.5. The molecule has 0 aliphatic heterocycles. The Morgan fingerprint density at radius 2 is 1.67 bits per heavy atom. The molecule has 4 rings (SSSR count). The molecule has 0 radical (unpaired) electrons. The maximum Gasteiger partial charge on any atom is 0.407 e. The van der Waals surface area contributed by atoms with E-state index in [0.717, 1.165) is 12.8 Å². The molecule has 124 valence electrons. The number of rotatable bonds is 3. The second-order valence-electron chi connectivity index (χ2n) is 6.63. The average molecular weight is 323 g/mol. The lowest BCUT2D eigenvalue weighted by molar-refractivity contribution is 0.137.